The molecule has 0 aliphatic heterocycles. The number of aromatic nitrogens is 1. The van der Waals surface area contributed by atoms with E-state index in [1.807, 2.05) is 18.2 Å². The number of amides is 1. The second-order valence-corrected chi connectivity index (χ2v) is 6.21. The number of aryl methyl sites for hydroxylation is 3. The van der Waals surface area contributed by atoms with Gasteiger partial charge in [0, 0.05) is 11.3 Å². The van der Waals surface area contributed by atoms with Crippen LogP contribution in [-0.4, -0.2) is 10.9 Å². The number of hydrogen-bond acceptors (Lipinski definition) is 3. The number of thiazole rings is 1. The monoisotopic (exact) mass is 286 g/mol. The Labute approximate surface area is 123 Å². The standard InChI is InChI=1S/C16H18N2OS/c19-15(11-4-8-12-6-2-1-3-7-12)18-16-17-13-9-5-10-14(13)20-16/h1-3,6-7H,4-5,8-11H2,(H,17,18,19). The molecule has 0 bridgehead atoms. The average Bonchev–Trinajstić information content (AvgIpc) is 3.01. The number of nitrogens with zero attached hydrogens (tertiary/aromatic N) is 1. The quantitative estimate of drug-likeness (QED) is 0.912. The van der Waals surface area contributed by atoms with Gasteiger partial charge in [-0.2, -0.15) is 0 Å². The topological polar surface area (TPSA) is 42.0 Å². The van der Waals surface area contributed by atoms with Gasteiger partial charge in [-0.15, -0.1) is 11.3 Å². The van der Waals surface area contributed by atoms with Crippen LogP contribution < -0.4 is 5.32 Å². The summed E-state index contributed by atoms with van der Waals surface area (Å²) in [4.78, 5) is 17.7. The number of hydrogen-bond donors (Lipinski definition) is 1. The number of carbonyl (C=O) groups excluding carboxylic acids is 1. The van der Waals surface area contributed by atoms with Gasteiger partial charge in [0.15, 0.2) is 5.13 Å². The van der Waals surface area contributed by atoms with Gasteiger partial charge in [0.05, 0.1) is 5.69 Å². The summed E-state index contributed by atoms with van der Waals surface area (Å²) in [7, 11) is 0. The zero-order valence-corrected chi connectivity index (χ0v) is 12.2. The summed E-state index contributed by atoms with van der Waals surface area (Å²) in [5, 5.41) is 3.70. The summed E-state index contributed by atoms with van der Waals surface area (Å²) in [6.45, 7) is 0. The van der Waals surface area contributed by atoms with E-state index >= 15 is 0 Å². The molecule has 0 saturated carbocycles. The van der Waals surface area contributed by atoms with Crippen LogP contribution in [0.25, 0.3) is 0 Å². The van der Waals surface area contributed by atoms with Gasteiger partial charge < -0.3 is 5.32 Å². The maximum Gasteiger partial charge on any atom is 0.226 e. The molecule has 0 fully saturated rings. The van der Waals surface area contributed by atoms with E-state index < -0.39 is 0 Å². The molecule has 2 aromatic rings. The molecule has 1 N–H and O–H groups in total. The van der Waals surface area contributed by atoms with Crippen molar-refractivity contribution >= 4 is 22.4 Å². The van der Waals surface area contributed by atoms with Crippen molar-refractivity contribution in [2.24, 2.45) is 0 Å². The van der Waals surface area contributed by atoms with Crippen molar-refractivity contribution in [2.75, 3.05) is 5.32 Å². The Hall–Kier alpha value is -1.68. The van der Waals surface area contributed by atoms with Crippen LogP contribution in [-0.2, 0) is 24.1 Å². The lowest BCUT2D eigenvalue weighted by Crippen LogP contribution is -2.11. The van der Waals surface area contributed by atoms with E-state index in [0.717, 1.165) is 30.8 Å². The molecule has 1 aromatic carbocycles. The first-order chi connectivity index (χ1) is 9.81. The Kier molecular flexibility index (Phi) is 4.11. The number of nitrogens with one attached hydrogen (secondary N) is 1. The van der Waals surface area contributed by atoms with Gasteiger partial charge in [0.1, 0.15) is 0 Å². The highest BCUT2D eigenvalue weighted by molar-refractivity contribution is 7.15. The highest BCUT2D eigenvalue weighted by Gasteiger charge is 2.17. The van der Waals surface area contributed by atoms with Crippen LogP contribution in [0, 0.1) is 0 Å². The maximum atomic E-state index is 11.9. The molecule has 0 radical (unpaired) electrons. The molecule has 1 aliphatic rings. The van der Waals surface area contributed by atoms with Gasteiger partial charge in [0.2, 0.25) is 5.91 Å². The minimum atomic E-state index is 0.0772. The van der Waals surface area contributed by atoms with Crippen LogP contribution in [0.15, 0.2) is 30.3 Å². The van der Waals surface area contributed by atoms with Crippen LogP contribution in [0.2, 0.25) is 0 Å². The fourth-order valence-electron chi connectivity index (χ4n) is 2.52. The molecular formula is C16H18N2OS. The van der Waals surface area contributed by atoms with Crippen LogP contribution in [0.1, 0.15) is 35.4 Å². The highest BCUT2D eigenvalue weighted by atomic mass is 32.1. The summed E-state index contributed by atoms with van der Waals surface area (Å²) in [5.74, 6) is 0.0772. The summed E-state index contributed by atoms with van der Waals surface area (Å²) >= 11 is 1.64. The minimum Gasteiger partial charge on any atom is -0.302 e. The molecule has 3 rings (SSSR count). The van der Waals surface area contributed by atoms with Gasteiger partial charge in [-0.25, -0.2) is 4.98 Å². The van der Waals surface area contributed by atoms with E-state index in [0.29, 0.717) is 6.42 Å². The number of rotatable bonds is 5. The second-order valence-electron chi connectivity index (χ2n) is 5.13. The molecule has 0 atom stereocenters. The van der Waals surface area contributed by atoms with E-state index in [-0.39, 0.29) is 5.91 Å². The van der Waals surface area contributed by atoms with Gasteiger partial charge in [-0.1, -0.05) is 30.3 Å². The van der Waals surface area contributed by atoms with Crippen molar-refractivity contribution in [1.29, 1.82) is 0 Å². The molecule has 1 aliphatic carbocycles. The molecule has 1 aromatic heterocycles. The fourth-order valence-corrected chi connectivity index (χ4v) is 3.59. The highest BCUT2D eigenvalue weighted by Crippen LogP contribution is 2.30. The van der Waals surface area contributed by atoms with Crippen molar-refractivity contribution in [3.05, 3.63) is 46.5 Å². The van der Waals surface area contributed by atoms with Crippen LogP contribution in [0.3, 0.4) is 0 Å². The third kappa shape index (κ3) is 3.25. The van der Waals surface area contributed by atoms with Gasteiger partial charge in [0.25, 0.3) is 0 Å². The fraction of sp³-hybridized carbons (Fsp3) is 0.375. The molecule has 3 nitrogen and oxygen atoms in total. The zero-order valence-electron chi connectivity index (χ0n) is 11.4. The number of carbonyl (C=O) groups is 1. The molecule has 0 saturated heterocycles. The Morgan fingerprint density at radius 3 is 2.90 bits per heavy atom. The zero-order chi connectivity index (χ0) is 13.8. The molecule has 0 spiro atoms. The molecule has 4 heteroatoms. The van der Waals surface area contributed by atoms with Gasteiger partial charge >= 0.3 is 0 Å². The van der Waals surface area contributed by atoms with E-state index in [1.54, 1.807) is 11.3 Å². The van der Waals surface area contributed by atoms with Crippen molar-refractivity contribution in [1.82, 2.24) is 4.98 Å². The number of fused-ring (bicyclic) bond motifs is 1. The lowest BCUT2D eigenvalue weighted by Gasteiger charge is -2.02. The van der Waals surface area contributed by atoms with Crippen LogP contribution in [0.4, 0.5) is 5.13 Å². The summed E-state index contributed by atoms with van der Waals surface area (Å²) in [6, 6.07) is 10.3. The number of benzene rings is 1. The Bertz CT molecular complexity index is 570. The van der Waals surface area contributed by atoms with Crippen molar-refractivity contribution in [2.45, 2.75) is 38.5 Å². The predicted molar refractivity (Wildman–Crippen MR) is 82.1 cm³/mol. The van der Waals surface area contributed by atoms with E-state index in [4.69, 9.17) is 0 Å². The lowest BCUT2D eigenvalue weighted by molar-refractivity contribution is -0.116. The normalized spacial score (nSPS) is 13.2. The van der Waals surface area contributed by atoms with Crippen molar-refractivity contribution in [3.8, 4) is 0 Å². The predicted octanol–water partition coefficient (Wildman–Crippen LogP) is 3.59. The first kappa shape index (κ1) is 13.3. The van der Waals surface area contributed by atoms with Gasteiger partial charge in [-0.05, 0) is 37.7 Å². The smallest absolute Gasteiger partial charge is 0.226 e. The summed E-state index contributed by atoms with van der Waals surface area (Å²) in [6.07, 6.45) is 5.77. The third-order valence-electron chi connectivity index (χ3n) is 3.55. The molecule has 20 heavy (non-hydrogen) atoms. The van der Waals surface area contributed by atoms with E-state index in [9.17, 15) is 4.79 Å². The van der Waals surface area contributed by atoms with E-state index in [1.165, 1.54) is 22.6 Å². The Balaban J connectivity index is 1.45. The van der Waals surface area contributed by atoms with Gasteiger partial charge in [-0.3, -0.25) is 4.79 Å². The molecular weight excluding hydrogens is 268 g/mol. The minimum absolute atomic E-state index is 0.0772. The Morgan fingerprint density at radius 2 is 2.10 bits per heavy atom. The molecule has 1 heterocycles. The van der Waals surface area contributed by atoms with Crippen molar-refractivity contribution < 1.29 is 4.79 Å². The number of anilines is 1. The van der Waals surface area contributed by atoms with Crippen LogP contribution in [0.5, 0.6) is 0 Å². The third-order valence-corrected chi connectivity index (χ3v) is 4.63. The maximum absolute atomic E-state index is 11.9. The average molecular weight is 286 g/mol. The van der Waals surface area contributed by atoms with Crippen LogP contribution >= 0.6 is 11.3 Å². The first-order valence-corrected chi connectivity index (χ1v) is 7.95. The largest absolute Gasteiger partial charge is 0.302 e. The lowest BCUT2D eigenvalue weighted by atomic mass is 10.1. The summed E-state index contributed by atoms with van der Waals surface area (Å²) < 4.78 is 0. The molecule has 1 amide bonds. The van der Waals surface area contributed by atoms with E-state index in [2.05, 4.69) is 22.4 Å². The Morgan fingerprint density at radius 1 is 1.25 bits per heavy atom. The molecule has 0 unspecified atom stereocenters. The summed E-state index contributed by atoms with van der Waals surface area (Å²) in [5.41, 5.74) is 2.48. The SMILES string of the molecule is O=C(CCCc1ccccc1)Nc1nc2c(s1)CCC2. The second kappa shape index (κ2) is 6.18. The first-order valence-electron chi connectivity index (χ1n) is 7.13. The molecule has 104 valence electrons. The van der Waals surface area contributed by atoms with Crippen molar-refractivity contribution in [3.63, 3.8) is 0 Å².